The zero-order valence-corrected chi connectivity index (χ0v) is 12.3. The summed E-state index contributed by atoms with van der Waals surface area (Å²) in [5.41, 5.74) is 0.521. The van der Waals surface area contributed by atoms with Crippen LogP contribution in [0.1, 0.15) is 33.8 Å². The lowest BCUT2D eigenvalue weighted by molar-refractivity contribution is 0.0692. The van der Waals surface area contributed by atoms with Crippen molar-refractivity contribution in [2.75, 3.05) is 13.1 Å². The maximum absolute atomic E-state index is 12.2. The second-order valence-corrected chi connectivity index (χ2v) is 5.32. The minimum Gasteiger partial charge on any atom is -0.416 e. The van der Waals surface area contributed by atoms with Crippen molar-refractivity contribution >= 4 is 11.8 Å². The van der Waals surface area contributed by atoms with E-state index in [4.69, 9.17) is 0 Å². The van der Waals surface area contributed by atoms with Gasteiger partial charge in [-0.3, -0.25) is 19.6 Å². The first-order valence-electron chi connectivity index (χ1n) is 7.32. The van der Waals surface area contributed by atoms with E-state index in [1.54, 1.807) is 29.3 Å². The number of hydrogen-bond donors (Lipinski definition) is 2. The molecule has 0 atom stereocenters. The summed E-state index contributed by atoms with van der Waals surface area (Å²) in [6.07, 6.45) is 3.99. The molecule has 2 aromatic rings. The highest BCUT2D eigenvalue weighted by Gasteiger charge is 2.26. The van der Waals surface area contributed by atoms with Crippen molar-refractivity contribution in [2.24, 2.45) is 0 Å². The molecule has 3 heterocycles. The van der Waals surface area contributed by atoms with Crippen LogP contribution in [0, 0.1) is 0 Å². The number of hydrogen-bond acceptors (Lipinski definition) is 5. The van der Waals surface area contributed by atoms with E-state index in [0.29, 0.717) is 31.6 Å². The van der Waals surface area contributed by atoms with Gasteiger partial charge in [0.15, 0.2) is 0 Å². The van der Waals surface area contributed by atoms with E-state index in [1.165, 1.54) is 0 Å². The number of oxazole rings is 1. The van der Waals surface area contributed by atoms with Gasteiger partial charge in [0.2, 0.25) is 0 Å². The first-order valence-corrected chi connectivity index (χ1v) is 7.32. The molecule has 23 heavy (non-hydrogen) atoms. The lowest BCUT2D eigenvalue weighted by Crippen LogP contribution is -2.46. The van der Waals surface area contributed by atoms with Crippen molar-refractivity contribution in [3.05, 3.63) is 52.6 Å². The van der Waals surface area contributed by atoms with Crippen LogP contribution in [0.5, 0.6) is 0 Å². The quantitative estimate of drug-likeness (QED) is 0.852. The topological polar surface area (TPSA) is 108 Å². The Morgan fingerprint density at radius 3 is 2.70 bits per heavy atom. The molecule has 0 unspecified atom stereocenters. The molecule has 2 amide bonds. The van der Waals surface area contributed by atoms with E-state index in [2.05, 4.69) is 19.7 Å². The van der Waals surface area contributed by atoms with Gasteiger partial charge in [0.25, 0.3) is 11.8 Å². The van der Waals surface area contributed by atoms with Crippen molar-refractivity contribution in [1.82, 2.24) is 20.2 Å². The summed E-state index contributed by atoms with van der Waals surface area (Å²) in [6.45, 7) is 0.998. The van der Waals surface area contributed by atoms with Gasteiger partial charge in [0.1, 0.15) is 17.7 Å². The Balaban J connectivity index is 1.53. The third-order valence-corrected chi connectivity index (χ3v) is 3.77. The van der Waals surface area contributed by atoms with E-state index < -0.39 is 5.76 Å². The van der Waals surface area contributed by atoms with Gasteiger partial charge >= 0.3 is 5.76 Å². The Morgan fingerprint density at radius 1 is 1.30 bits per heavy atom. The Morgan fingerprint density at radius 2 is 2.09 bits per heavy atom. The summed E-state index contributed by atoms with van der Waals surface area (Å²) in [5, 5.41) is 2.92. The normalized spacial score (nSPS) is 15.4. The fourth-order valence-corrected chi connectivity index (χ4v) is 2.54. The van der Waals surface area contributed by atoms with Crippen LogP contribution in [0.2, 0.25) is 0 Å². The molecule has 0 aliphatic carbocycles. The van der Waals surface area contributed by atoms with Gasteiger partial charge in [-0.25, -0.2) is 4.79 Å². The highest BCUT2D eigenvalue weighted by Crippen LogP contribution is 2.13. The molecular formula is C15H16N4O4. The van der Waals surface area contributed by atoms with Crippen LogP contribution in [0.15, 0.2) is 39.9 Å². The molecule has 8 nitrogen and oxygen atoms in total. The van der Waals surface area contributed by atoms with E-state index in [0.717, 1.165) is 6.26 Å². The lowest BCUT2D eigenvalue weighted by atomic mass is 10.0. The summed E-state index contributed by atoms with van der Waals surface area (Å²) in [5.74, 6) is -1.13. The summed E-state index contributed by atoms with van der Waals surface area (Å²) in [6, 6.07) is 5.16. The van der Waals surface area contributed by atoms with Crippen LogP contribution < -0.4 is 11.1 Å². The third-order valence-electron chi connectivity index (χ3n) is 3.77. The number of aromatic nitrogens is 2. The SMILES string of the molecule is O=C(NC1CCN(C(=O)c2coc(=O)[nH]2)CC1)c1ccccn1. The number of carbonyl (C=O) groups is 2. The molecule has 2 aromatic heterocycles. The van der Waals surface area contributed by atoms with Crippen LogP contribution in [-0.2, 0) is 0 Å². The van der Waals surface area contributed by atoms with Gasteiger partial charge in [-0.05, 0) is 25.0 Å². The predicted octanol–water partition coefficient (Wildman–Crippen LogP) is 0.397. The maximum Gasteiger partial charge on any atom is 0.416 e. The largest absolute Gasteiger partial charge is 0.416 e. The average molecular weight is 316 g/mol. The zero-order valence-electron chi connectivity index (χ0n) is 12.3. The van der Waals surface area contributed by atoms with Gasteiger partial charge in [0.05, 0.1) is 0 Å². The number of pyridine rings is 1. The lowest BCUT2D eigenvalue weighted by Gasteiger charge is -2.31. The number of aromatic amines is 1. The monoisotopic (exact) mass is 316 g/mol. The molecule has 120 valence electrons. The van der Waals surface area contributed by atoms with Gasteiger partial charge in [-0.1, -0.05) is 6.07 Å². The van der Waals surface area contributed by atoms with Crippen molar-refractivity contribution < 1.29 is 14.0 Å². The van der Waals surface area contributed by atoms with Gasteiger partial charge in [-0.2, -0.15) is 0 Å². The second kappa shape index (κ2) is 6.47. The Kier molecular flexibility index (Phi) is 4.22. The van der Waals surface area contributed by atoms with E-state index in [1.807, 2.05) is 0 Å². The fraction of sp³-hybridized carbons (Fsp3) is 0.333. The molecule has 8 heteroatoms. The summed E-state index contributed by atoms with van der Waals surface area (Å²) in [7, 11) is 0. The first kappa shape index (κ1) is 15.0. The van der Waals surface area contributed by atoms with Crippen LogP contribution in [-0.4, -0.2) is 45.8 Å². The van der Waals surface area contributed by atoms with Crippen molar-refractivity contribution in [1.29, 1.82) is 0 Å². The highest BCUT2D eigenvalue weighted by molar-refractivity contribution is 5.93. The van der Waals surface area contributed by atoms with Crippen molar-refractivity contribution in [2.45, 2.75) is 18.9 Å². The van der Waals surface area contributed by atoms with Crippen LogP contribution >= 0.6 is 0 Å². The number of H-pyrrole nitrogens is 1. The van der Waals surface area contributed by atoms with Crippen LogP contribution in [0.3, 0.4) is 0 Å². The Labute approximate surface area is 131 Å². The average Bonchev–Trinajstić information content (AvgIpc) is 3.02. The zero-order chi connectivity index (χ0) is 16.2. The van der Waals surface area contributed by atoms with Crippen LogP contribution in [0.25, 0.3) is 0 Å². The summed E-state index contributed by atoms with van der Waals surface area (Å²) >= 11 is 0. The minimum absolute atomic E-state index is 0.00282. The first-order chi connectivity index (χ1) is 11.1. The van der Waals surface area contributed by atoms with Gasteiger partial charge < -0.3 is 14.6 Å². The predicted molar refractivity (Wildman–Crippen MR) is 80.0 cm³/mol. The number of carbonyl (C=O) groups excluding carboxylic acids is 2. The molecule has 0 spiro atoms. The molecule has 0 aromatic carbocycles. The number of likely N-dealkylation sites (tertiary alicyclic amines) is 1. The molecule has 1 saturated heterocycles. The molecule has 1 aliphatic rings. The number of piperidine rings is 1. The van der Waals surface area contributed by atoms with Gasteiger partial charge in [0, 0.05) is 25.3 Å². The Hall–Kier alpha value is -2.90. The maximum atomic E-state index is 12.2. The van der Waals surface area contributed by atoms with Crippen molar-refractivity contribution in [3.8, 4) is 0 Å². The van der Waals surface area contributed by atoms with Crippen LogP contribution in [0.4, 0.5) is 0 Å². The smallest absolute Gasteiger partial charge is 0.416 e. The molecule has 2 N–H and O–H groups in total. The number of nitrogens with zero attached hydrogens (tertiary/aromatic N) is 2. The molecule has 1 aliphatic heterocycles. The summed E-state index contributed by atoms with van der Waals surface area (Å²) < 4.78 is 4.58. The molecule has 0 saturated carbocycles. The van der Waals surface area contributed by atoms with E-state index in [-0.39, 0.29) is 23.6 Å². The van der Waals surface area contributed by atoms with Crippen molar-refractivity contribution in [3.63, 3.8) is 0 Å². The van der Waals surface area contributed by atoms with E-state index in [9.17, 15) is 14.4 Å². The van der Waals surface area contributed by atoms with Gasteiger partial charge in [-0.15, -0.1) is 0 Å². The standard InChI is InChI=1S/C15H16N4O4/c20-13(11-3-1-2-6-16-11)17-10-4-7-19(8-5-10)14(21)12-9-23-15(22)18-12/h1-3,6,9-10H,4-5,7-8H2,(H,17,20)(H,18,22). The minimum atomic E-state index is -0.647. The number of rotatable bonds is 3. The molecular weight excluding hydrogens is 300 g/mol. The number of amides is 2. The highest BCUT2D eigenvalue weighted by atomic mass is 16.4. The fourth-order valence-electron chi connectivity index (χ4n) is 2.54. The molecule has 1 fully saturated rings. The molecule has 0 bridgehead atoms. The Bertz CT molecular complexity index is 744. The molecule has 3 rings (SSSR count). The van der Waals surface area contributed by atoms with E-state index >= 15 is 0 Å². The molecule has 0 radical (unpaired) electrons. The number of nitrogens with one attached hydrogen (secondary N) is 2. The second-order valence-electron chi connectivity index (χ2n) is 5.32. The third kappa shape index (κ3) is 3.47. The summed E-state index contributed by atoms with van der Waals surface area (Å²) in [4.78, 5) is 43.1.